The van der Waals surface area contributed by atoms with E-state index in [1.54, 1.807) is 18.2 Å². The van der Waals surface area contributed by atoms with Crippen molar-refractivity contribution in [3.05, 3.63) is 23.8 Å². The highest BCUT2D eigenvalue weighted by Crippen LogP contribution is 2.16. The van der Waals surface area contributed by atoms with Crippen molar-refractivity contribution in [2.75, 3.05) is 11.5 Å². The molecule has 0 saturated carbocycles. The summed E-state index contributed by atoms with van der Waals surface area (Å²) in [5.41, 5.74) is 12.6. The van der Waals surface area contributed by atoms with Crippen LogP contribution >= 0.6 is 0 Å². The molecule has 12 heavy (non-hydrogen) atoms. The van der Waals surface area contributed by atoms with E-state index in [0.29, 0.717) is 16.9 Å². The molecule has 0 radical (unpaired) electrons. The summed E-state index contributed by atoms with van der Waals surface area (Å²) >= 11 is -1.83. The molecule has 1 atom stereocenters. The van der Waals surface area contributed by atoms with Gasteiger partial charge in [-0.1, -0.05) is 6.07 Å². The Morgan fingerprint density at radius 1 is 1.33 bits per heavy atom. The van der Waals surface area contributed by atoms with Gasteiger partial charge in [0.25, 0.3) is 0 Å². The summed E-state index contributed by atoms with van der Waals surface area (Å²) in [6.45, 7) is 0. The third-order valence-electron chi connectivity index (χ3n) is 1.44. The summed E-state index contributed by atoms with van der Waals surface area (Å²) in [5, 5.41) is 0. The van der Waals surface area contributed by atoms with Crippen LogP contribution in [0.4, 0.5) is 11.4 Å². The number of nitrogens with two attached hydrogens (primary N) is 2. The SMILES string of the molecule is Nc1ccc(CS(=O)O)cc1N. The molecule has 4 nitrogen and oxygen atoms in total. The molecule has 0 amide bonds. The topological polar surface area (TPSA) is 89.3 Å². The summed E-state index contributed by atoms with van der Waals surface area (Å²) in [6.07, 6.45) is 0. The molecule has 0 fully saturated rings. The first-order valence-corrected chi connectivity index (χ1v) is 4.58. The molecule has 1 rings (SSSR count). The lowest BCUT2D eigenvalue weighted by atomic mass is 10.2. The van der Waals surface area contributed by atoms with Gasteiger partial charge in [0.05, 0.1) is 17.1 Å². The maximum absolute atomic E-state index is 10.4. The summed E-state index contributed by atoms with van der Waals surface area (Å²) in [4.78, 5) is 0. The van der Waals surface area contributed by atoms with Gasteiger partial charge in [-0.3, -0.25) is 0 Å². The predicted octanol–water partition coefficient (Wildman–Crippen LogP) is 0.573. The summed E-state index contributed by atoms with van der Waals surface area (Å²) < 4.78 is 19.0. The minimum Gasteiger partial charge on any atom is -0.397 e. The molecule has 0 aliphatic rings. The van der Waals surface area contributed by atoms with E-state index in [4.69, 9.17) is 16.0 Å². The lowest BCUT2D eigenvalue weighted by Gasteiger charge is -2.01. The molecule has 0 aromatic heterocycles. The van der Waals surface area contributed by atoms with E-state index in [1.165, 1.54) is 0 Å². The Balaban J connectivity index is 2.89. The summed E-state index contributed by atoms with van der Waals surface area (Å²) in [7, 11) is 0. The second-order valence-electron chi connectivity index (χ2n) is 2.43. The number of nitrogen functional groups attached to an aromatic ring is 2. The van der Waals surface area contributed by atoms with Crippen molar-refractivity contribution < 1.29 is 8.76 Å². The van der Waals surface area contributed by atoms with Crippen LogP contribution in [0.25, 0.3) is 0 Å². The van der Waals surface area contributed by atoms with Crippen LogP contribution in [0, 0.1) is 0 Å². The number of anilines is 2. The van der Waals surface area contributed by atoms with Crippen molar-refractivity contribution in [3.8, 4) is 0 Å². The largest absolute Gasteiger partial charge is 0.397 e. The number of hydrogen-bond acceptors (Lipinski definition) is 3. The molecule has 0 heterocycles. The molecule has 0 aliphatic heterocycles. The van der Waals surface area contributed by atoms with Crippen molar-refractivity contribution in [3.63, 3.8) is 0 Å². The Kier molecular flexibility index (Phi) is 2.67. The molecule has 66 valence electrons. The number of benzene rings is 1. The number of hydrogen-bond donors (Lipinski definition) is 3. The number of rotatable bonds is 2. The van der Waals surface area contributed by atoms with Gasteiger partial charge in [-0.15, -0.1) is 0 Å². The van der Waals surface area contributed by atoms with E-state index < -0.39 is 11.1 Å². The molecule has 0 aliphatic carbocycles. The smallest absolute Gasteiger partial charge is 0.157 e. The van der Waals surface area contributed by atoms with E-state index in [0.717, 1.165) is 0 Å². The van der Waals surface area contributed by atoms with E-state index in [9.17, 15) is 4.21 Å². The summed E-state index contributed by atoms with van der Waals surface area (Å²) in [6, 6.07) is 4.90. The zero-order chi connectivity index (χ0) is 9.14. The van der Waals surface area contributed by atoms with Gasteiger partial charge in [-0.2, -0.15) is 0 Å². The van der Waals surface area contributed by atoms with Crippen LogP contribution in [0.3, 0.4) is 0 Å². The standard InChI is InChI=1S/C7H10N2O2S/c8-6-2-1-5(3-7(6)9)4-12(10)11/h1-3H,4,8-9H2,(H,10,11). The third kappa shape index (κ3) is 2.21. The van der Waals surface area contributed by atoms with Crippen LogP contribution in [0.5, 0.6) is 0 Å². The minimum atomic E-state index is -1.83. The average Bonchev–Trinajstić information content (AvgIpc) is 1.96. The van der Waals surface area contributed by atoms with Crippen molar-refractivity contribution in [1.82, 2.24) is 0 Å². The monoisotopic (exact) mass is 186 g/mol. The second-order valence-corrected chi connectivity index (χ2v) is 3.36. The van der Waals surface area contributed by atoms with Crippen molar-refractivity contribution in [1.29, 1.82) is 0 Å². The fourth-order valence-electron chi connectivity index (χ4n) is 0.857. The highest BCUT2D eigenvalue weighted by atomic mass is 32.2. The summed E-state index contributed by atoms with van der Waals surface area (Å²) in [5.74, 6) is 0.0878. The molecule has 1 aromatic carbocycles. The van der Waals surface area contributed by atoms with Crippen molar-refractivity contribution in [2.24, 2.45) is 0 Å². The highest BCUT2D eigenvalue weighted by molar-refractivity contribution is 7.78. The van der Waals surface area contributed by atoms with Gasteiger partial charge in [0.1, 0.15) is 0 Å². The van der Waals surface area contributed by atoms with Crippen LogP contribution < -0.4 is 11.5 Å². The van der Waals surface area contributed by atoms with Crippen molar-refractivity contribution in [2.45, 2.75) is 5.75 Å². The Hall–Kier alpha value is -1.07. The van der Waals surface area contributed by atoms with Crippen LogP contribution in [0.2, 0.25) is 0 Å². The van der Waals surface area contributed by atoms with Gasteiger partial charge in [-0.25, -0.2) is 4.21 Å². The maximum Gasteiger partial charge on any atom is 0.157 e. The molecule has 1 unspecified atom stereocenters. The molecule has 5 N–H and O–H groups in total. The molecule has 5 heteroatoms. The van der Waals surface area contributed by atoms with Crippen LogP contribution in [0.15, 0.2) is 18.2 Å². The first-order valence-electron chi connectivity index (χ1n) is 3.31. The Bertz CT molecular complexity index is 314. The zero-order valence-corrected chi connectivity index (χ0v) is 7.17. The third-order valence-corrected chi connectivity index (χ3v) is 2.02. The van der Waals surface area contributed by atoms with Gasteiger partial charge in [0.15, 0.2) is 11.1 Å². The molecule has 1 aromatic rings. The lowest BCUT2D eigenvalue weighted by Crippen LogP contribution is -1.98. The first-order chi connectivity index (χ1) is 5.59. The molecule has 0 bridgehead atoms. The zero-order valence-electron chi connectivity index (χ0n) is 6.36. The quantitative estimate of drug-likeness (QED) is 0.465. The first kappa shape index (κ1) is 9.02. The second kappa shape index (κ2) is 3.55. The van der Waals surface area contributed by atoms with Gasteiger partial charge in [0.2, 0.25) is 0 Å². The Labute approximate surface area is 72.9 Å². The average molecular weight is 186 g/mol. The van der Waals surface area contributed by atoms with Crippen LogP contribution in [-0.4, -0.2) is 8.76 Å². The normalized spacial score (nSPS) is 12.8. The molecular formula is C7H10N2O2S. The van der Waals surface area contributed by atoms with Gasteiger partial charge in [0, 0.05) is 0 Å². The fraction of sp³-hybridized carbons (Fsp3) is 0.143. The molecular weight excluding hydrogens is 176 g/mol. The van der Waals surface area contributed by atoms with Gasteiger partial charge >= 0.3 is 0 Å². The van der Waals surface area contributed by atoms with Gasteiger partial charge < -0.3 is 16.0 Å². The van der Waals surface area contributed by atoms with E-state index >= 15 is 0 Å². The Morgan fingerprint density at radius 3 is 2.50 bits per heavy atom. The van der Waals surface area contributed by atoms with Crippen molar-refractivity contribution >= 4 is 22.5 Å². The predicted molar refractivity (Wildman–Crippen MR) is 49.7 cm³/mol. The molecule has 0 spiro atoms. The fourth-order valence-corrected chi connectivity index (χ4v) is 1.32. The van der Waals surface area contributed by atoms with E-state index in [-0.39, 0.29) is 5.75 Å². The minimum absolute atomic E-state index is 0.0878. The highest BCUT2D eigenvalue weighted by Gasteiger charge is 2.00. The van der Waals surface area contributed by atoms with E-state index in [2.05, 4.69) is 0 Å². The van der Waals surface area contributed by atoms with Crippen LogP contribution in [0.1, 0.15) is 5.56 Å². The van der Waals surface area contributed by atoms with Crippen LogP contribution in [-0.2, 0) is 16.8 Å². The Morgan fingerprint density at radius 2 is 2.00 bits per heavy atom. The molecule has 0 saturated heterocycles. The van der Waals surface area contributed by atoms with E-state index in [1.807, 2.05) is 0 Å². The maximum atomic E-state index is 10.4. The lowest BCUT2D eigenvalue weighted by molar-refractivity contribution is 0.563. The van der Waals surface area contributed by atoms with Gasteiger partial charge in [-0.05, 0) is 17.7 Å².